The summed E-state index contributed by atoms with van der Waals surface area (Å²) in [5.41, 5.74) is 2.36. The maximum atomic E-state index is 5.15. The highest BCUT2D eigenvalue weighted by molar-refractivity contribution is 5.84. The van der Waals surface area contributed by atoms with E-state index in [-0.39, 0.29) is 0 Å². The lowest BCUT2D eigenvalue weighted by atomic mass is 10.1. The molecule has 3 rings (SSSR count). The molecule has 116 valence electrons. The van der Waals surface area contributed by atoms with Crippen LogP contribution in [0, 0.1) is 0 Å². The van der Waals surface area contributed by atoms with Crippen LogP contribution in [0.2, 0.25) is 0 Å². The van der Waals surface area contributed by atoms with Gasteiger partial charge in [-0.2, -0.15) is 0 Å². The van der Waals surface area contributed by atoms with Gasteiger partial charge in [0.2, 0.25) is 0 Å². The van der Waals surface area contributed by atoms with Gasteiger partial charge in [-0.3, -0.25) is 0 Å². The van der Waals surface area contributed by atoms with Gasteiger partial charge in [-0.15, -0.1) is 0 Å². The first-order valence-corrected chi connectivity index (χ1v) is 7.88. The summed E-state index contributed by atoms with van der Waals surface area (Å²) in [6, 6.07) is 23.0. The average molecular weight is 303 g/mol. The van der Waals surface area contributed by atoms with Crippen molar-refractivity contribution in [3.63, 3.8) is 0 Å². The van der Waals surface area contributed by atoms with Crippen LogP contribution in [0.1, 0.15) is 12.0 Å². The molecule has 0 aromatic heterocycles. The highest BCUT2D eigenvalue weighted by atomic mass is 16.5. The smallest absolute Gasteiger partial charge is 0.119 e. The Morgan fingerprint density at radius 2 is 1.70 bits per heavy atom. The summed E-state index contributed by atoms with van der Waals surface area (Å²) in [5, 5.41) is 5.97. The minimum absolute atomic E-state index is 0.881. The summed E-state index contributed by atoms with van der Waals surface area (Å²) in [6.45, 7) is 0.913. The van der Waals surface area contributed by atoms with Crippen LogP contribution in [-0.2, 0) is 0 Å². The monoisotopic (exact) mass is 303 g/mol. The zero-order valence-corrected chi connectivity index (χ0v) is 13.3. The fourth-order valence-corrected chi connectivity index (χ4v) is 2.54. The first-order chi connectivity index (χ1) is 11.3. The molecule has 3 aromatic carbocycles. The first kappa shape index (κ1) is 15.2. The lowest BCUT2D eigenvalue weighted by Gasteiger charge is -2.05. The van der Waals surface area contributed by atoms with E-state index in [1.807, 2.05) is 24.3 Å². The Balaban J connectivity index is 1.51. The van der Waals surface area contributed by atoms with E-state index in [0.717, 1.165) is 24.4 Å². The van der Waals surface area contributed by atoms with Crippen LogP contribution in [-0.4, -0.2) is 13.7 Å². The van der Waals surface area contributed by atoms with Gasteiger partial charge in [0.05, 0.1) is 7.11 Å². The number of hydrogen-bond donors (Lipinski definition) is 1. The molecule has 0 aliphatic heterocycles. The Bertz CT molecular complexity index is 790. The quantitative estimate of drug-likeness (QED) is 0.619. The molecular weight excluding hydrogens is 282 g/mol. The molecule has 0 spiro atoms. The molecule has 3 aromatic rings. The minimum Gasteiger partial charge on any atom is -0.497 e. The number of benzene rings is 3. The molecule has 23 heavy (non-hydrogen) atoms. The van der Waals surface area contributed by atoms with E-state index in [9.17, 15) is 0 Å². The normalized spacial score (nSPS) is 11.0. The van der Waals surface area contributed by atoms with Crippen molar-refractivity contribution in [3.05, 3.63) is 78.4 Å². The molecule has 0 heterocycles. The van der Waals surface area contributed by atoms with Gasteiger partial charge < -0.3 is 10.1 Å². The van der Waals surface area contributed by atoms with E-state index < -0.39 is 0 Å². The standard InChI is InChI=1S/C21H21NO/c1-23-21-13-11-20(12-14-21)22-15-5-4-6-17-9-10-18-7-2-3-8-19(18)16-17/h2-4,6-14,16,22H,5,15H2,1H3/b6-4+. The lowest BCUT2D eigenvalue weighted by molar-refractivity contribution is 0.415. The third-order valence-electron chi connectivity index (χ3n) is 3.81. The Kier molecular flexibility index (Phi) is 4.95. The van der Waals surface area contributed by atoms with Crippen molar-refractivity contribution in [2.75, 3.05) is 19.0 Å². The number of nitrogens with one attached hydrogen (secondary N) is 1. The molecule has 2 nitrogen and oxygen atoms in total. The fourth-order valence-electron chi connectivity index (χ4n) is 2.54. The summed E-state index contributed by atoms with van der Waals surface area (Å²) in [4.78, 5) is 0. The molecule has 0 unspecified atom stereocenters. The number of fused-ring (bicyclic) bond motifs is 1. The molecule has 0 atom stereocenters. The third-order valence-corrected chi connectivity index (χ3v) is 3.81. The van der Waals surface area contributed by atoms with Crippen molar-refractivity contribution in [1.82, 2.24) is 0 Å². The zero-order valence-electron chi connectivity index (χ0n) is 13.3. The summed E-state index contributed by atoms with van der Waals surface area (Å²) < 4.78 is 5.15. The Morgan fingerprint density at radius 1 is 0.913 bits per heavy atom. The van der Waals surface area contributed by atoms with Gasteiger partial charge in [-0.25, -0.2) is 0 Å². The van der Waals surface area contributed by atoms with Gasteiger partial charge in [0, 0.05) is 12.2 Å². The van der Waals surface area contributed by atoms with Crippen LogP contribution in [0.4, 0.5) is 5.69 Å². The molecule has 0 saturated carbocycles. The fraction of sp³-hybridized carbons (Fsp3) is 0.143. The van der Waals surface area contributed by atoms with Gasteiger partial charge in [-0.05, 0) is 53.1 Å². The van der Waals surface area contributed by atoms with E-state index in [4.69, 9.17) is 4.74 Å². The zero-order chi connectivity index (χ0) is 15.9. The van der Waals surface area contributed by atoms with Crippen molar-refractivity contribution >= 4 is 22.5 Å². The average Bonchev–Trinajstić information content (AvgIpc) is 2.62. The largest absolute Gasteiger partial charge is 0.497 e. The number of ether oxygens (including phenoxy) is 1. The van der Waals surface area contributed by atoms with Gasteiger partial charge in [0.15, 0.2) is 0 Å². The van der Waals surface area contributed by atoms with Gasteiger partial charge in [0.1, 0.15) is 5.75 Å². The maximum Gasteiger partial charge on any atom is 0.119 e. The molecule has 2 heteroatoms. The molecule has 1 N–H and O–H groups in total. The molecule has 0 saturated heterocycles. The second kappa shape index (κ2) is 7.50. The van der Waals surface area contributed by atoms with Crippen LogP contribution in [0.15, 0.2) is 72.8 Å². The molecule has 0 aliphatic carbocycles. The third kappa shape index (κ3) is 4.13. The van der Waals surface area contributed by atoms with Crippen LogP contribution in [0.25, 0.3) is 16.8 Å². The van der Waals surface area contributed by atoms with E-state index >= 15 is 0 Å². The summed E-state index contributed by atoms with van der Waals surface area (Å²) >= 11 is 0. The van der Waals surface area contributed by atoms with Crippen molar-refractivity contribution in [2.45, 2.75) is 6.42 Å². The summed E-state index contributed by atoms with van der Waals surface area (Å²) in [6.07, 6.45) is 5.38. The van der Waals surface area contributed by atoms with Crippen molar-refractivity contribution in [2.24, 2.45) is 0 Å². The lowest BCUT2D eigenvalue weighted by Crippen LogP contribution is -1.99. The second-order valence-corrected chi connectivity index (χ2v) is 5.45. The molecule has 0 radical (unpaired) electrons. The summed E-state index contributed by atoms with van der Waals surface area (Å²) in [7, 11) is 1.68. The maximum absolute atomic E-state index is 5.15. The van der Waals surface area contributed by atoms with Gasteiger partial charge >= 0.3 is 0 Å². The Labute approximate surface area is 137 Å². The molecule has 0 fully saturated rings. The van der Waals surface area contributed by atoms with Crippen LogP contribution < -0.4 is 10.1 Å². The predicted octanol–water partition coefficient (Wildman–Crippen LogP) is 5.36. The highest BCUT2D eigenvalue weighted by Gasteiger charge is 1.94. The number of hydrogen-bond acceptors (Lipinski definition) is 2. The molecule has 0 amide bonds. The van der Waals surface area contributed by atoms with E-state index in [1.165, 1.54) is 16.3 Å². The van der Waals surface area contributed by atoms with E-state index in [2.05, 4.69) is 59.9 Å². The van der Waals surface area contributed by atoms with Crippen molar-refractivity contribution in [3.8, 4) is 5.75 Å². The molecular formula is C21H21NO. The topological polar surface area (TPSA) is 21.3 Å². The molecule has 0 aliphatic rings. The number of methoxy groups -OCH3 is 1. The minimum atomic E-state index is 0.881. The van der Waals surface area contributed by atoms with Crippen molar-refractivity contribution in [1.29, 1.82) is 0 Å². The molecule has 0 bridgehead atoms. The van der Waals surface area contributed by atoms with E-state index in [1.54, 1.807) is 7.11 Å². The van der Waals surface area contributed by atoms with Crippen LogP contribution in [0.3, 0.4) is 0 Å². The summed E-state index contributed by atoms with van der Waals surface area (Å²) in [5.74, 6) is 0.881. The Morgan fingerprint density at radius 3 is 2.48 bits per heavy atom. The SMILES string of the molecule is COc1ccc(NCC/C=C/c2ccc3ccccc3c2)cc1. The first-order valence-electron chi connectivity index (χ1n) is 7.88. The predicted molar refractivity (Wildman–Crippen MR) is 99.1 cm³/mol. The van der Waals surface area contributed by atoms with Crippen LogP contribution in [0.5, 0.6) is 5.75 Å². The second-order valence-electron chi connectivity index (χ2n) is 5.45. The van der Waals surface area contributed by atoms with Crippen molar-refractivity contribution < 1.29 is 4.74 Å². The van der Waals surface area contributed by atoms with Crippen LogP contribution >= 0.6 is 0 Å². The van der Waals surface area contributed by atoms with Gasteiger partial charge in [-0.1, -0.05) is 48.6 Å². The van der Waals surface area contributed by atoms with E-state index in [0.29, 0.717) is 0 Å². The highest BCUT2D eigenvalue weighted by Crippen LogP contribution is 2.17. The Hall–Kier alpha value is -2.74. The number of rotatable bonds is 6. The number of anilines is 1. The van der Waals surface area contributed by atoms with Gasteiger partial charge in [0.25, 0.3) is 0 Å².